The molecular weight excluding hydrogens is 666 g/mol. The largest absolute Gasteiger partial charge is 0.461 e. The molecule has 0 bridgehead atoms. The Kier molecular flexibility index (Phi) is 8.61. The number of amides is 1. The first-order valence-corrected chi connectivity index (χ1v) is 17.5. The third kappa shape index (κ3) is 5.85. The highest BCUT2D eigenvalue weighted by Gasteiger charge is 2.49. The number of alkyl halides is 1. The van der Waals surface area contributed by atoms with Gasteiger partial charge in [0, 0.05) is 70.8 Å². The zero-order valence-electron chi connectivity index (χ0n) is 26.4. The Balaban J connectivity index is 1.20. The third-order valence-corrected chi connectivity index (χ3v) is 11.6. The van der Waals surface area contributed by atoms with E-state index < -0.39 is 6.17 Å². The molecule has 7 rings (SSSR count). The fraction of sp³-hybridized carbons (Fsp3) is 0.581. The van der Waals surface area contributed by atoms with Crippen LogP contribution in [-0.4, -0.2) is 101 Å². The molecule has 16 heteroatoms. The molecule has 3 fully saturated rings. The highest BCUT2D eigenvalue weighted by Crippen LogP contribution is 2.44. The number of aromatic nitrogens is 4. The second kappa shape index (κ2) is 12.6. The van der Waals surface area contributed by atoms with E-state index in [-0.39, 0.29) is 29.1 Å². The summed E-state index contributed by atoms with van der Waals surface area (Å²) in [6, 6.07) is 4.41. The van der Waals surface area contributed by atoms with Gasteiger partial charge in [-0.25, -0.2) is 4.39 Å². The van der Waals surface area contributed by atoms with Gasteiger partial charge in [-0.3, -0.25) is 14.4 Å². The number of ether oxygens (including phenoxy) is 1. The van der Waals surface area contributed by atoms with Crippen LogP contribution < -0.4 is 20.3 Å². The van der Waals surface area contributed by atoms with Gasteiger partial charge in [-0.15, -0.1) is 11.3 Å². The first-order valence-electron chi connectivity index (χ1n) is 15.9. The molecule has 0 aliphatic carbocycles. The molecule has 3 aromatic rings. The van der Waals surface area contributed by atoms with Gasteiger partial charge in [0.05, 0.1) is 32.7 Å². The molecule has 0 radical (unpaired) electrons. The predicted octanol–water partition coefficient (Wildman–Crippen LogP) is 4.56. The second-order valence-corrected chi connectivity index (χ2v) is 15.1. The minimum atomic E-state index is -0.865. The molecule has 47 heavy (non-hydrogen) atoms. The van der Waals surface area contributed by atoms with E-state index in [1.54, 1.807) is 14.1 Å². The molecule has 3 atom stereocenters. The molecule has 4 aliphatic heterocycles. The number of hydrogen-bond donors (Lipinski definition) is 1. The summed E-state index contributed by atoms with van der Waals surface area (Å²) in [6.07, 6.45) is 3.00. The van der Waals surface area contributed by atoms with Gasteiger partial charge in [0.2, 0.25) is 0 Å². The monoisotopic (exact) mass is 702 g/mol. The number of anilines is 3. The molecular formula is C31H37Cl2FN10O2S. The summed E-state index contributed by atoms with van der Waals surface area (Å²) < 4.78 is 23.3. The van der Waals surface area contributed by atoms with Crippen molar-refractivity contribution in [2.75, 3.05) is 69.0 Å². The Hall–Kier alpha value is -3.38. The summed E-state index contributed by atoms with van der Waals surface area (Å²) in [5.41, 5.74) is 7.98. The molecule has 0 spiro atoms. The zero-order chi connectivity index (χ0) is 33.0. The molecule has 250 valence electrons. The number of carbonyl (C=O) groups excluding carboxylic acids is 1. The third-order valence-electron chi connectivity index (χ3n) is 9.93. The van der Waals surface area contributed by atoms with E-state index in [2.05, 4.69) is 25.9 Å². The SMILES string of the molecule is CN(C)C(=O)c1nn2c(c1Cl)CN(c1cc(N3CCC(c4c(Cl)sc(N)c4C#N)C3)nc(OC[C@@]34CCCN3C[C@H](F)C4)n1)CCC2. The van der Waals surface area contributed by atoms with Crippen LogP contribution in [0.1, 0.15) is 65.3 Å². The fourth-order valence-electron chi connectivity index (χ4n) is 7.58. The average Bonchev–Trinajstić information content (AvgIpc) is 3.82. The van der Waals surface area contributed by atoms with Crippen molar-refractivity contribution in [1.82, 2.24) is 29.5 Å². The van der Waals surface area contributed by atoms with Crippen LogP contribution in [0.3, 0.4) is 0 Å². The number of nitrogen functional groups attached to an aromatic ring is 1. The number of hydrogen-bond acceptors (Lipinski definition) is 11. The Bertz CT molecular complexity index is 1740. The summed E-state index contributed by atoms with van der Waals surface area (Å²) in [7, 11) is 3.35. The van der Waals surface area contributed by atoms with Crippen molar-refractivity contribution in [1.29, 1.82) is 5.26 Å². The Morgan fingerprint density at radius 2 is 1.98 bits per heavy atom. The van der Waals surface area contributed by atoms with Crippen LogP contribution >= 0.6 is 34.5 Å². The summed E-state index contributed by atoms with van der Waals surface area (Å²) in [5.74, 6) is 1.11. The molecule has 7 heterocycles. The second-order valence-electron chi connectivity index (χ2n) is 13.1. The minimum absolute atomic E-state index is 0.0124. The first kappa shape index (κ1) is 32.2. The highest BCUT2D eigenvalue weighted by molar-refractivity contribution is 7.20. The van der Waals surface area contributed by atoms with Crippen molar-refractivity contribution in [3.8, 4) is 12.1 Å². The van der Waals surface area contributed by atoms with E-state index in [0.717, 1.165) is 43.5 Å². The maximum atomic E-state index is 14.5. The van der Waals surface area contributed by atoms with Crippen LogP contribution in [0, 0.1) is 11.3 Å². The van der Waals surface area contributed by atoms with Crippen LogP contribution in [0.4, 0.5) is 21.0 Å². The number of nitrogens with two attached hydrogens (primary N) is 1. The average molecular weight is 704 g/mol. The molecule has 3 aromatic heterocycles. The Morgan fingerprint density at radius 3 is 2.74 bits per heavy atom. The number of thiophene rings is 1. The van der Waals surface area contributed by atoms with Crippen molar-refractivity contribution in [3.63, 3.8) is 0 Å². The van der Waals surface area contributed by atoms with E-state index >= 15 is 0 Å². The molecule has 12 nitrogen and oxygen atoms in total. The lowest BCUT2D eigenvalue weighted by Crippen LogP contribution is -2.43. The van der Waals surface area contributed by atoms with E-state index in [1.165, 1.54) is 16.2 Å². The van der Waals surface area contributed by atoms with Gasteiger partial charge in [-0.05, 0) is 32.2 Å². The van der Waals surface area contributed by atoms with E-state index in [0.29, 0.717) is 83.9 Å². The number of rotatable bonds is 7. The van der Waals surface area contributed by atoms with Gasteiger partial charge in [-0.2, -0.15) is 20.3 Å². The van der Waals surface area contributed by atoms with Crippen LogP contribution in [0.2, 0.25) is 9.36 Å². The molecule has 0 aromatic carbocycles. The van der Waals surface area contributed by atoms with Gasteiger partial charge < -0.3 is 25.2 Å². The topological polar surface area (TPSA) is 133 Å². The number of nitrogens with zero attached hydrogens (tertiary/aromatic N) is 9. The van der Waals surface area contributed by atoms with Gasteiger partial charge in [0.1, 0.15) is 35.5 Å². The van der Waals surface area contributed by atoms with Crippen LogP contribution in [0.25, 0.3) is 0 Å². The van der Waals surface area contributed by atoms with E-state index in [4.69, 9.17) is 43.6 Å². The highest BCUT2D eigenvalue weighted by atomic mass is 35.5. The van der Waals surface area contributed by atoms with Gasteiger partial charge in [-0.1, -0.05) is 23.2 Å². The number of carbonyl (C=O) groups is 1. The molecule has 3 saturated heterocycles. The van der Waals surface area contributed by atoms with Crippen LogP contribution in [0.5, 0.6) is 6.01 Å². The van der Waals surface area contributed by atoms with Crippen LogP contribution in [-0.2, 0) is 13.1 Å². The summed E-state index contributed by atoms with van der Waals surface area (Å²) in [4.78, 5) is 30.5. The molecule has 1 unspecified atom stereocenters. The standard InChI is InChI=1S/C31H37Cl2FN10O2S/c1-40(2)29(45)26-25(32)21-16-41(7-4-9-44(21)39-26)22-11-23(42-10-5-18(14-42)24-20(13-35)28(36)47-27(24)33)38-30(37-22)46-17-31-6-3-8-43(31)15-19(34)12-31/h11,18-19H,3-10,12,14-17,36H2,1-2H3/t18?,19-,31+/m1/s1. The maximum Gasteiger partial charge on any atom is 0.320 e. The van der Waals surface area contributed by atoms with E-state index in [1.807, 2.05) is 10.7 Å². The van der Waals surface area contributed by atoms with Gasteiger partial charge in [0.15, 0.2) is 5.69 Å². The molecule has 4 aliphatic rings. The minimum Gasteiger partial charge on any atom is -0.461 e. The van der Waals surface area contributed by atoms with Crippen molar-refractivity contribution in [3.05, 3.63) is 37.9 Å². The zero-order valence-corrected chi connectivity index (χ0v) is 28.7. The summed E-state index contributed by atoms with van der Waals surface area (Å²) in [5, 5.41) is 15.1. The van der Waals surface area contributed by atoms with Crippen molar-refractivity contribution < 1.29 is 13.9 Å². The lowest BCUT2D eigenvalue weighted by molar-refractivity contribution is 0.0821. The van der Waals surface area contributed by atoms with Gasteiger partial charge >= 0.3 is 6.01 Å². The lowest BCUT2D eigenvalue weighted by atomic mass is 9.95. The Morgan fingerprint density at radius 1 is 1.19 bits per heavy atom. The van der Waals surface area contributed by atoms with Crippen LogP contribution in [0.15, 0.2) is 6.07 Å². The molecule has 0 saturated carbocycles. The molecule has 2 N–H and O–H groups in total. The van der Waals surface area contributed by atoms with Crippen molar-refractivity contribution >= 4 is 57.1 Å². The van der Waals surface area contributed by atoms with Crippen molar-refractivity contribution in [2.45, 2.75) is 62.8 Å². The number of aryl methyl sites for hydroxylation is 1. The summed E-state index contributed by atoms with van der Waals surface area (Å²) in [6.45, 7) is 4.56. The van der Waals surface area contributed by atoms with Crippen molar-refractivity contribution in [2.24, 2.45) is 0 Å². The Labute approximate surface area is 286 Å². The first-order chi connectivity index (χ1) is 22.6. The smallest absolute Gasteiger partial charge is 0.320 e. The number of nitriles is 1. The number of fused-ring (bicyclic) bond motifs is 2. The molecule has 1 amide bonds. The fourth-order valence-corrected chi connectivity index (χ4v) is 9.18. The summed E-state index contributed by atoms with van der Waals surface area (Å²) >= 11 is 14.6. The number of halogens is 3. The lowest BCUT2D eigenvalue weighted by Gasteiger charge is -2.31. The normalized spacial score (nSPS) is 24.3. The quantitative estimate of drug-likeness (QED) is 0.374. The van der Waals surface area contributed by atoms with E-state index in [9.17, 15) is 14.4 Å². The van der Waals surface area contributed by atoms with Gasteiger partial charge in [0.25, 0.3) is 5.91 Å². The maximum absolute atomic E-state index is 14.5. The predicted molar refractivity (Wildman–Crippen MR) is 180 cm³/mol.